The first-order valence-electron chi connectivity index (χ1n) is 7.47. The largest absolute Gasteiger partial charge is 0.370 e. The molecule has 2 atom stereocenters. The first-order valence-corrected chi connectivity index (χ1v) is 8.35. The normalized spacial score (nSPS) is 25.5. The summed E-state index contributed by atoms with van der Waals surface area (Å²) in [5.41, 5.74) is 1.98. The lowest BCUT2D eigenvalue weighted by Gasteiger charge is -2.19. The van der Waals surface area contributed by atoms with Gasteiger partial charge in [0, 0.05) is 47.7 Å². The zero-order valence-electron chi connectivity index (χ0n) is 12.1. The number of hydrogen-bond acceptors (Lipinski definition) is 3. The van der Waals surface area contributed by atoms with Gasteiger partial charge < -0.3 is 9.80 Å². The topological polar surface area (TPSA) is 6.48 Å². The summed E-state index contributed by atoms with van der Waals surface area (Å²) in [7, 11) is 2.21. The van der Waals surface area contributed by atoms with Crippen LogP contribution in [0, 0.1) is 17.7 Å². The lowest BCUT2D eigenvalue weighted by Crippen LogP contribution is -2.26. The van der Waals surface area contributed by atoms with Gasteiger partial charge in [-0.1, -0.05) is 18.2 Å². The predicted molar refractivity (Wildman–Crippen MR) is 86.4 cm³/mol. The van der Waals surface area contributed by atoms with E-state index in [4.69, 9.17) is 0 Å². The van der Waals surface area contributed by atoms with Crippen LogP contribution in [0.15, 0.2) is 35.7 Å². The molecule has 2 fully saturated rings. The summed E-state index contributed by atoms with van der Waals surface area (Å²) in [6.45, 7) is 4.71. The minimum atomic E-state index is -0.134. The maximum atomic E-state index is 13.9. The maximum absolute atomic E-state index is 13.9. The number of likely N-dealkylation sites (tertiary alicyclic amines) is 1. The molecular weight excluding hydrogens is 283 g/mol. The fourth-order valence-corrected chi connectivity index (χ4v) is 4.68. The highest BCUT2D eigenvalue weighted by Crippen LogP contribution is 2.38. The first kappa shape index (κ1) is 13.3. The van der Waals surface area contributed by atoms with E-state index in [1.165, 1.54) is 24.8 Å². The van der Waals surface area contributed by atoms with Crippen molar-refractivity contribution in [2.75, 3.05) is 38.1 Å². The van der Waals surface area contributed by atoms with Gasteiger partial charge in [0.25, 0.3) is 0 Å². The number of hydrogen-bond donors (Lipinski definition) is 0. The van der Waals surface area contributed by atoms with Crippen LogP contribution in [-0.4, -0.2) is 38.1 Å². The minimum Gasteiger partial charge on any atom is -0.370 e. The molecule has 21 heavy (non-hydrogen) atoms. The van der Waals surface area contributed by atoms with Gasteiger partial charge in [-0.2, -0.15) is 0 Å². The molecule has 0 saturated carbocycles. The van der Waals surface area contributed by atoms with Crippen molar-refractivity contribution >= 4 is 17.0 Å². The number of thiophene rings is 1. The summed E-state index contributed by atoms with van der Waals surface area (Å²) < 4.78 is 13.9. The van der Waals surface area contributed by atoms with Crippen molar-refractivity contribution in [2.24, 2.45) is 11.8 Å². The Kier molecular flexibility index (Phi) is 3.23. The quantitative estimate of drug-likeness (QED) is 0.837. The van der Waals surface area contributed by atoms with Gasteiger partial charge in [-0.05, 0) is 31.0 Å². The first-order chi connectivity index (χ1) is 10.2. The van der Waals surface area contributed by atoms with E-state index in [0.29, 0.717) is 5.56 Å². The highest BCUT2D eigenvalue weighted by molar-refractivity contribution is 7.14. The Morgan fingerprint density at radius 2 is 1.81 bits per heavy atom. The molecule has 0 bridgehead atoms. The molecule has 4 heteroatoms. The lowest BCUT2D eigenvalue weighted by atomic mass is 10.0. The third-order valence-corrected chi connectivity index (χ3v) is 5.71. The van der Waals surface area contributed by atoms with Crippen molar-refractivity contribution < 1.29 is 4.39 Å². The number of halogens is 1. The second kappa shape index (κ2) is 5.11. The predicted octanol–water partition coefficient (Wildman–Crippen LogP) is 3.55. The average molecular weight is 302 g/mol. The Morgan fingerprint density at radius 3 is 2.52 bits per heavy atom. The van der Waals surface area contributed by atoms with E-state index in [1.54, 1.807) is 17.4 Å². The van der Waals surface area contributed by atoms with Gasteiger partial charge in [-0.15, -0.1) is 11.3 Å². The Morgan fingerprint density at radius 1 is 1.10 bits per heavy atom. The van der Waals surface area contributed by atoms with E-state index in [0.717, 1.165) is 29.8 Å². The molecule has 3 heterocycles. The van der Waals surface area contributed by atoms with E-state index in [1.807, 2.05) is 12.1 Å². The Balaban J connectivity index is 1.55. The molecular formula is C17H19FN2S. The molecule has 4 rings (SSSR count). The van der Waals surface area contributed by atoms with Crippen LogP contribution in [0.1, 0.15) is 0 Å². The highest BCUT2D eigenvalue weighted by atomic mass is 32.1. The summed E-state index contributed by atoms with van der Waals surface area (Å²) >= 11 is 1.64. The number of nitrogens with zero attached hydrogens (tertiary/aromatic N) is 2. The Bertz CT molecular complexity index is 640. The van der Waals surface area contributed by atoms with Crippen molar-refractivity contribution in [1.29, 1.82) is 0 Å². The fourth-order valence-electron chi connectivity index (χ4n) is 3.73. The zero-order valence-corrected chi connectivity index (χ0v) is 12.9. The summed E-state index contributed by atoms with van der Waals surface area (Å²) in [4.78, 5) is 5.94. The smallest absolute Gasteiger partial charge is 0.131 e. The van der Waals surface area contributed by atoms with Crippen LogP contribution in [0.2, 0.25) is 0 Å². The molecule has 2 aromatic rings. The number of fused-ring (bicyclic) bond motifs is 1. The zero-order chi connectivity index (χ0) is 14.4. The molecule has 1 aromatic heterocycles. The van der Waals surface area contributed by atoms with Crippen LogP contribution >= 0.6 is 11.3 Å². The van der Waals surface area contributed by atoms with Crippen molar-refractivity contribution in [1.82, 2.24) is 4.90 Å². The molecule has 0 N–H and O–H groups in total. The molecule has 0 aliphatic carbocycles. The molecule has 0 spiro atoms. The van der Waals surface area contributed by atoms with Crippen LogP contribution in [0.4, 0.5) is 10.1 Å². The molecule has 2 nitrogen and oxygen atoms in total. The van der Waals surface area contributed by atoms with Crippen molar-refractivity contribution in [3.8, 4) is 10.4 Å². The lowest BCUT2D eigenvalue weighted by molar-refractivity contribution is 0.387. The maximum Gasteiger partial charge on any atom is 0.131 e. The van der Waals surface area contributed by atoms with E-state index < -0.39 is 0 Å². The molecule has 0 radical (unpaired) electrons. The number of rotatable bonds is 2. The van der Waals surface area contributed by atoms with Crippen molar-refractivity contribution in [3.05, 3.63) is 41.5 Å². The van der Waals surface area contributed by atoms with Crippen molar-refractivity contribution in [2.45, 2.75) is 0 Å². The molecule has 110 valence electrons. The molecule has 2 saturated heterocycles. The van der Waals surface area contributed by atoms with Gasteiger partial charge in [-0.3, -0.25) is 0 Å². The second-order valence-corrected chi connectivity index (χ2v) is 7.21. The van der Waals surface area contributed by atoms with Gasteiger partial charge in [0.2, 0.25) is 0 Å². The minimum absolute atomic E-state index is 0.134. The SMILES string of the molecule is CN1CC2CN(c3csc(-c4ccccc4F)c3)CC2C1. The van der Waals surface area contributed by atoms with Crippen LogP contribution in [0.3, 0.4) is 0 Å². The molecule has 1 aromatic carbocycles. The Labute approximate surface area is 128 Å². The van der Waals surface area contributed by atoms with Crippen LogP contribution in [0.5, 0.6) is 0 Å². The van der Waals surface area contributed by atoms with E-state index in [2.05, 4.69) is 28.3 Å². The summed E-state index contributed by atoms with van der Waals surface area (Å²) in [6, 6.07) is 9.18. The monoisotopic (exact) mass is 302 g/mol. The highest BCUT2D eigenvalue weighted by Gasteiger charge is 2.38. The van der Waals surface area contributed by atoms with E-state index >= 15 is 0 Å². The number of anilines is 1. The van der Waals surface area contributed by atoms with Crippen LogP contribution in [0.25, 0.3) is 10.4 Å². The van der Waals surface area contributed by atoms with Gasteiger partial charge in [0.1, 0.15) is 5.82 Å². The third kappa shape index (κ3) is 2.36. The summed E-state index contributed by atoms with van der Waals surface area (Å²) in [5, 5.41) is 2.17. The van der Waals surface area contributed by atoms with E-state index in [9.17, 15) is 4.39 Å². The van der Waals surface area contributed by atoms with Crippen LogP contribution in [-0.2, 0) is 0 Å². The van der Waals surface area contributed by atoms with Crippen LogP contribution < -0.4 is 4.90 Å². The Hall–Kier alpha value is -1.39. The molecule has 2 aliphatic heterocycles. The van der Waals surface area contributed by atoms with Gasteiger partial charge in [0.05, 0.1) is 0 Å². The second-order valence-electron chi connectivity index (χ2n) is 6.30. The molecule has 0 amide bonds. The van der Waals surface area contributed by atoms with Crippen molar-refractivity contribution in [3.63, 3.8) is 0 Å². The van der Waals surface area contributed by atoms with E-state index in [-0.39, 0.29) is 5.82 Å². The summed E-state index contributed by atoms with van der Waals surface area (Å²) in [5.74, 6) is 1.46. The average Bonchev–Trinajstić information content (AvgIpc) is 3.12. The fraction of sp³-hybridized carbons (Fsp3) is 0.412. The molecule has 2 aliphatic rings. The van der Waals surface area contributed by atoms with Gasteiger partial charge in [0.15, 0.2) is 0 Å². The molecule has 2 unspecified atom stereocenters. The third-order valence-electron chi connectivity index (χ3n) is 4.76. The van der Waals surface area contributed by atoms with Gasteiger partial charge in [-0.25, -0.2) is 4.39 Å². The summed E-state index contributed by atoms with van der Waals surface area (Å²) in [6.07, 6.45) is 0. The standard InChI is InChI=1S/C17H19FN2S/c1-19-7-12-9-20(10-13(12)8-19)14-6-17(21-11-14)15-4-2-3-5-16(15)18/h2-6,11-13H,7-10H2,1H3. The van der Waals surface area contributed by atoms with Gasteiger partial charge >= 0.3 is 0 Å². The number of benzene rings is 1.